The number of aromatic nitrogens is 2. The average Bonchev–Trinajstić information content (AvgIpc) is 3.17. The van der Waals surface area contributed by atoms with Crippen LogP contribution in [0.2, 0.25) is 0 Å². The summed E-state index contributed by atoms with van der Waals surface area (Å²) in [5.41, 5.74) is 3.43. The fraction of sp³-hybridized carbons (Fsp3) is 0.400. The molecule has 0 saturated heterocycles. The van der Waals surface area contributed by atoms with Crippen molar-refractivity contribution >= 4 is 33.3 Å². The fourth-order valence-corrected chi connectivity index (χ4v) is 5.85. The Morgan fingerprint density at radius 3 is 2.92 bits per heavy atom. The van der Waals surface area contributed by atoms with Gasteiger partial charge in [0, 0.05) is 10.6 Å². The van der Waals surface area contributed by atoms with E-state index in [-0.39, 0.29) is 5.56 Å². The number of nitrogens with zero attached hydrogens (tertiary/aromatic N) is 2. The van der Waals surface area contributed by atoms with Gasteiger partial charge >= 0.3 is 0 Å². The Hall–Kier alpha value is -1.59. The third kappa shape index (κ3) is 2.93. The largest absolute Gasteiger partial charge is 0.268 e. The maximum absolute atomic E-state index is 13.5. The van der Waals surface area contributed by atoms with Crippen LogP contribution in [-0.2, 0) is 12.8 Å². The van der Waals surface area contributed by atoms with Crippen LogP contribution in [-0.4, -0.2) is 15.3 Å². The molecule has 130 valence electrons. The molecular weight excluding hydrogens is 348 g/mol. The van der Waals surface area contributed by atoms with Gasteiger partial charge in [0.2, 0.25) is 0 Å². The standard InChI is InChI=1S/C20H22N2OS2/c1-3-4-12-24-20-21-18-17(14-9-7-11-16(14)25-18)19(23)22(20)15-10-6-5-8-13(15)2/h5-6,8,10H,3-4,7,9,11-12H2,1-2H3. The molecule has 2 heterocycles. The molecule has 0 saturated carbocycles. The molecule has 0 N–H and O–H groups in total. The Morgan fingerprint density at radius 1 is 1.28 bits per heavy atom. The molecule has 2 aromatic heterocycles. The summed E-state index contributed by atoms with van der Waals surface area (Å²) in [5, 5.41) is 1.70. The Labute approximate surface area is 156 Å². The van der Waals surface area contributed by atoms with E-state index in [9.17, 15) is 4.79 Å². The third-order valence-corrected chi connectivity index (χ3v) is 7.00. The topological polar surface area (TPSA) is 34.9 Å². The number of unbranched alkanes of at least 4 members (excludes halogenated alkanes) is 1. The molecule has 1 aromatic carbocycles. The van der Waals surface area contributed by atoms with Crippen LogP contribution in [0.5, 0.6) is 0 Å². The summed E-state index contributed by atoms with van der Waals surface area (Å²) in [4.78, 5) is 20.7. The monoisotopic (exact) mass is 370 g/mol. The number of para-hydroxylation sites is 1. The zero-order chi connectivity index (χ0) is 17.4. The molecule has 5 heteroatoms. The molecule has 25 heavy (non-hydrogen) atoms. The van der Waals surface area contributed by atoms with Crippen LogP contribution < -0.4 is 5.56 Å². The van der Waals surface area contributed by atoms with Gasteiger partial charge in [0.05, 0.1) is 11.1 Å². The van der Waals surface area contributed by atoms with Crippen molar-refractivity contribution in [2.75, 3.05) is 5.75 Å². The number of hydrogen-bond acceptors (Lipinski definition) is 4. The highest BCUT2D eigenvalue weighted by molar-refractivity contribution is 7.99. The van der Waals surface area contributed by atoms with Gasteiger partial charge < -0.3 is 0 Å². The predicted octanol–water partition coefficient (Wildman–Crippen LogP) is 5.14. The first kappa shape index (κ1) is 16.9. The van der Waals surface area contributed by atoms with Crippen LogP contribution in [0.25, 0.3) is 15.9 Å². The van der Waals surface area contributed by atoms with E-state index < -0.39 is 0 Å². The average molecular weight is 371 g/mol. The van der Waals surface area contributed by atoms with Crippen LogP contribution in [0.15, 0.2) is 34.2 Å². The van der Waals surface area contributed by atoms with Gasteiger partial charge in [-0.1, -0.05) is 43.3 Å². The number of thiophene rings is 1. The lowest BCUT2D eigenvalue weighted by atomic mass is 10.2. The second-order valence-electron chi connectivity index (χ2n) is 6.56. The van der Waals surface area contributed by atoms with E-state index in [4.69, 9.17) is 4.98 Å². The molecule has 3 aromatic rings. The molecule has 1 aliphatic rings. The van der Waals surface area contributed by atoms with Crippen molar-refractivity contribution in [2.45, 2.75) is 51.1 Å². The van der Waals surface area contributed by atoms with Crippen molar-refractivity contribution in [3.63, 3.8) is 0 Å². The van der Waals surface area contributed by atoms with Crippen LogP contribution in [0.4, 0.5) is 0 Å². The first-order valence-corrected chi connectivity index (χ1v) is 10.8. The molecule has 0 fully saturated rings. The maximum atomic E-state index is 13.5. The number of thioether (sulfide) groups is 1. The third-order valence-electron chi connectivity index (χ3n) is 4.79. The van der Waals surface area contributed by atoms with Gasteiger partial charge in [-0.05, 0) is 49.8 Å². The highest BCUT2D eigenvalue weighted by Crippen LogP contribution is 2.36. The molecule has 4 rings (SSSR count). The van der Waals surface area contributed by atoms with Gasteiger partial charge in [-0.3, -0.25) is 9.36 Å². The SMILES string of the molecule is CCCCSc1nc2sc3c(c2c(=O)n1-c1ccccc1C)CCC3. The molecule has 0 unspecified atom stereocenters. The number of hydrogen-bond donors (Lipinski definition) is 0. The van der Waals surface area contributed by atoms with Crippen molar-refractivity contribution in [3.8, 4) is 5.69 Å². The lowest BCUT2D eigenvalue weighted by molar-refractivity contribution is 0.810. The van der Waals surface area contributed by atoms with Crippen LogP contribution in [0.1, 0.15) is 42.2 Å². The Kier molecular flexibility index (Phi) is 4.69. The Balaban J connectivity index is 1.96. The normalized spacial score (nSPS) is 13.5. The van der Waals surface area contributed by atoms with Gasteiger partial charge in [-0.15, -0.1) is 11.3 Å². The van der Waals surface area contributed by atoms with E-state index in [0.717, 1.165) is 64.5 Å². The zero-order valence-electron chi connectivity index (χ0n) is 14.7. The van der Waals surface area contributed by atoms with Crippen molar-refractivity contribution in [2.24, 2.45) is 0 Å². The number of rotatable bonds is 5. The first-order chi connectivity index (χ1) is 12.2. The summed E-state index contributed by atoms with van der Waals surface area (Å²) < 4.78 is 1.85. The van der Waals surface area contributed by atoms with E-state index in [2.05, 4.69) is 19.9 Å². The summed E-state index contributed by atoms with van der Waals surface area (Å²) in [6, 6.07) is 8.10. The summed E-state index contributed by atoms with van der Waals surface area (Å²) in [5.74, 6) is 0.991. The highest BCUT2D eigenvalue weighted by Gasteiger charge is 2.24. The summed E-state index contributed by atoms with van der Waals surface area (Å²) in [6.07, 6.45) is 5.55. The molecule has 0 spiro atoms. The van der Waals surface area contributed by atoms with Crippen molar-refractivity contribution in [3.05, 3.63) is 50.6 Å². The number of fused-ring (bicyclic) bond motifs is 3. The van der Waals surface area contributed by atoms with E-state index >= 15 is 0 Å². The quantitative estimate of drug-likeness (QED) is 0.354. The molecule has 0 atom stereocenters. The molecule has 0 radical (unpaired) electrons. The van der Waals surface area contributed by atoms with Crippen LogP contribution >= 0.6 is 23.1 Å². The van der Waals surface area contributed by atoms with E-state index in [1.165, 1.54) is 10.4 Å². The molecule has 0 amide bonds. The van der Waals surface area contributed by atoms with Gasteiger partial charge in [-0.25, -0.2) is 4.98 Å². The first-order valence-electron chi connectivity index (χ1n) is 8.96. The van der Waals surface area contributed by atoms with Gasteiger partial charge in [0.25, 0.3) is 5.56 Å². The van der Waals surface area contributed by atoms with Crippen molar-refractivity contribution in [1.82, 2.24) is 9.55 Å². The summed E-state index contributed by atoms with van der Waals surface area (Å²) in [7, 11) is 0. The van der Waals surface area contributed by atoms with E-state index in [1.54, 1.807) is 23.1 Å². The van der Waals surface area contributed by atoms with E-state index in [0.29, 0.717) is 0 Å². The van der Waals surface area contributed by atoms with Gasteiger partial charge in [0.1, 0.15) is 4.83 Å². The zero-order valence-corrected chi connectivity index (χ0v) is 16.3. The van der Waals surface area contributed by atoms with E-state index in [1.807, 2.05) is 22.8 Å². The number of aryl methyl sites for hydroxylation is 3. The van der Waals surface area contributed by atoms with Gasteiger partial charge in [-0.2, -0.15) is 0 Å². The Bertz CT molecular complexity index is 987. The van der Waals surface area contributed by atoms with Crippen molar-refractivity contribution in [1.29, 1.82) is 0 Å². The fourth-order valence-electron chi connectivity index (χ4n) is 3.46. The predicted molar refractivity (Wildman–Crippen MR) is 108 cm³/mol. The second-order valence-corrected chi connectivity index (χ2v) is 8.71. The molecule has 1 aliphatic carbocycles. The summed E-state index contributed by atoms with van der Waals surface area (Å²) >= 11 is 3.43. The molecular formula is C20H22N2OS2. The molecule has 3 nitrogen and oxygen atoms in total. The smallest absolute Gasteiger partial charge is 0.267 e. The minimum absolute atomic E-state index is 0.109. The van der Waals surface area contributed by atoms with Crippen LogP contribution in [0, 0.1) is 6.92 Å². The highest BCUT2D eigenvalue weighted by atomic mass is 32.2. The second kappa shape index (κ2) is 6.96. The number of benzene rings is 1. The summed E-state index contributed by atoms with van der Waals surface area (Å²) in [6.45, 7) is 4.25. The molecule has 0 aliphatic heterocycles. The lowest BCUT2D eigenvalue weighted by Crippen LogP contribution is -2.22. The maximum Gasteiger partial charge on any atom is 0.267 e. The Morgan fingerprint density at radius 2 is 2.12 bits per heavy atom. The van der Waals surface area contributed by atoms with Crippen LogP contribution in [0.3, 0.4) is 0 Å². The van der Waals surface area contributed by atoms with Crippen molar-refractivity contribution < 1.29 is 0 Å². The van der Waals surface area contributed by atoms with Gasteiger partial charge in [0.15, 0.2) is 5.16 Å². The minimum atomic E-state index is 0.109. The lowest BCUT2D eigenvalue weighted by Gasteiger charge is -2.14. The minimum Gasteiger partial charge on any atom is -0.268 e. The molecule has 0 bridgehead atoms.